The predicted octanol–water partition coefficient (Wildman–Crippen LogP) is -3.25. The fraction of sp³-hybridized carbons (Fsp3) is 0.852. The van der Waals surface area contributed by atoms with Crippen LogP contribution in [0.1, 0.15) is 44.9 Å². The van der Waals surface area contributed by atoms with Gasteiger partial charge in [-0.2, -0.15) is 0 Å². The topological polar surface area (TPSA) is 238 Å². The molecule has 5 aliphatic rings. The van der Waals surface area contributed by atoms with Gasteiger partial charge in [0, 0.05) is 25.9 Å². The minimum absolute atomic E-state index is 0.0827. The Balaban J connectivity index is 1.31. The Labute approximate surface area is 243 Å². The number of rotatable bonds is 9. The highest BCUT2D eigenvalue weighted by Crippen LogP contribution is 2.43. The van der Waals surface area contributed by atoms with E-state index < -0.39 is 85.8 Å². The molecule has 7 N–H and O–H groups in total. The molecule has 15 heteroatoms. The molecular weight excluding hydrogens is 560 g/mol. The molecule has 4 fully saturated rings. The van der Waals surface area contributed by atoms with Crippen molar-refractivity contribution in [3.63, 3.8) is 0 Å². The van der Waals surface area contributed by atoms with Crippen molar-refractivity contribution in [3.8, 4) is 0 Å². The minimum Gasteiger partial charge on any atom is -0.547 e. The van der Waals surface area contributed by atoms with Gasteiger partial charge in [-0.1, -0.05) is 4.99 Å². The van der Waals surface area contributed by atoms with Crippen LogP contribution in [0, 0.1) is 24.5 Å². The van der Waals surface area contributed by atoms with Gasteiger partial charge in [0.05, 0.1) is 43.0 Å². The van der Waals surface area contributed by atoms with E-state index in [2.05, 4.69) is 10.3 Å². The first-order valence-electron chi connectivity index (χ1n) is 14.4. The molecular formula is C27H41N2O13+. The zero-order valence-electron chi connectivity index (χ0n) is 23.3. The summed E-state index contributed by atoms with van der Waals surface area (Å²) in [6.07, 6.45) is -8.23. The number of hydrogen-bond acceptors (Lipinski definition) is 13. The second kappa shape index (κ2) is 13.2. The molecule has 3 heterocycles. The summed E-state index contributed by atoms with van der Waals surface area (Å²) in [6.45, 7) is 0.382. The zero-order valence-corrected chi connectivity index (χ0v) is 23.3. The lowest BCUT2D eigenvalue weighted by Gasteiger charge is -2.51. The number of carbonyl (C=O) groups is 1. The van der Waals surface area contributed by atoms with Gasteiger partial charge in [0.15, 0.2) is 30.1 Å². The maximum absolute atomic E-state index is 12.0. The second-order valence-electron chi connectivity index (χ2n) is 11.9. The predicted molar refractivity (Wildman–Crippen MR) is 139 cm³/mol. The molecule has 2 aliphatic carbocycles. The molecule has 236 valence electrons. The van der Waals surface area contributed by atoms with Gasteiger partial charge in [-0.25, -0.2) is 0 Å². The SMILES string of the molecule is COC1CCC(C2CC(O)C3C(CC(OC4OC(C(=O)[O-])C(O)(C[C+]5C=N[CH+][N-]5)C(O)C4O)C(OCO)C3O)[OH+]2)CC1. The quantitative estimate of drug-likeness (QED) is 0.0868. The third-order valence-electron chi connectivity index (χ3n) is 9.53. The summed E-state index contributed by atoms with van der Waals surface area (Å²) in [6, 6.07) is 0.151. The average molecular weight is 602 g/mol. The first-order valence-corrected chi connectivity index (χ1v) is 14.4. The van der Waals surface area contributed by atoms with Gasteiger partial charge in [0.2, 0.25) is 0 Å². The Hall–Kier alpha value is -1.60. The van der Waals surface area contributed by atoms with Gasteiger partial charge in [-0.05, 0) is 25.7 Å². The van der Waals surface area contributed by atoms with E-state index in [0.717, 1.165) is 25.7 Å². The summed E-state index contributed by atoms with van der Waals surface area (Å²) < 4.78 is 27.2. The van der Waals surface area contributed by atoms with Crippen molar-refractivity contribution < 1.29 is 64.2 Å². The number of carbonyl (C=O) groups excluding carboxylic acids is 1. The van der Waals surface area contributed by atoms with Crippen molar-refractivity contribution in [2.75, 3.05) is 13.9 Å². The van der Waals surface area contributed by atoms with Crippen LogP contribution in [0.2, 0.25) is 0 Å². The second-order valence-corrected chi connectivity index (χ2v) is 11.9. The summed E-state index contributed by atoms with van der Waals surface area (Å²) in [7, 11) is 1.69. The lowest BCUT2D eigenvalue weighted by Crippen LogP contribution is -2.71. The highest BCUT2D eigenvalue weighted by molar-refractivity contribution is 5.82. The van der Waals surface area contributed by atoms with Gasteiger partial charge in [0.1, 0.15) is 37.6 Å². The smallest absolute Gasteiger partial charge is 0.301 e. The van der Waals surface area contributed by atoms with E-state index in [4.69, 9.17) is 23.7 Å². The molecule has 0 spiro atoms. The third-order valence-corrected chi connectivity index (χ3v) is 9.53. The van der Waals surface area contributed by atoms with E-state index in [1.807, 2.05) is 0 Å². The van der Waals surface area contributed by atoms with Crippen molar-refractivity contribution in [1.29, 1.82) is 0 Å². The molecule has 0 amide bonds. The van der Waals surface area contributed by atoms with Crippen molar-refractivity contribution in [2.45, 2.75) is 118 Å². The van der Waals surface area contributed by atoms with Crippen LogP contribution in [0.4, 0.5) is 0 Å². The number of methoxy groups -OCH3 is 1. The molecule has 0 aromatic carbocycles. The van der Waals surface area contributed by atoms with Gasteiger partial charge >= 0.3 is 6.21 Å². The number of carboxylic acids is 1. The molecule has 2 saturated carbocycles. The van der Waals surface area contributed by atoms with E-state index in [1.54, 1.807) is 7.11 Å². The Bertz CT molecular complexity index is 951. The number of aliphatic hydroxyl groups is 8. The lowest BCUT2D eigenvalue weighted by atomic mass is 9.71. The molecule has 12 atom stereocenters. The molecule has 0 aromatic heterocycles. The van der Waals surface area contributed by atoms with Gasteiger partial charge in [-0.15, -0.1) is 0 Å². The fourth-order valence-corrected chi connectivity index (χ4v) is 7.32. The van der Waals surface area contributed by atoms with Gasteiger partial charge in [0.25, 0.3) is 0 Å². The molecule has 12 unspecified atom stereocenters. The van der Waals surface area contributed by atoms with Gasteiger partial charge in [-0.3, -0.25) is 5.32 Å². The molecule has 42 heavy (non-hydrogen) atoms. The van der Waals surface area contributed by atoms with Crippen LogP contribution in [-0.2, 0) is 23.7 Å². The Morgan fingerprint density at radius 3 is 2.55 bits per heavy atom. The summed E-state index contributed by atoms with van der Waals surface area (Å²) in [4.78, 5) is 15.8. The number of aliphatic hydroxyl groups excluding tert-OH is 5. The molecule has 2 saturated heterocycles. The molecule has 0 aromatic rings. The Morgan fingerprint density at radius 1 is 1.19 bits per heavy atom. The van der Waals surface area contributed by atoms with E-state index in [9.17, 15) is 40.5 Å². The summed E-state index contributed by atoms with van der Waals surface area (Å²) in [5.41, 5.74) is -2.53. The zero-order chi connectivity index (χ0) is 30.2. The van der Waals surface area contributed by atoms with Crippen LogP contribution in [0.25, 0.3) is 5.32 Å². The molecule has 5 rings (SSSR count). The van der Waals surface area contributed by atoms with E-state index in [1.165, 1.54) is 12.9 Å². The minimum atomic E-state index is -2.53. The summed E-state index contributed by atoms with van der Waals surface area (Å²) in [5.74, 6) is -2.33. The molecule has 3 aliphatic heterocycles. The monoisotopic (exact) mass is 601 g/mol. The highest BCUT2D eigenvalue weighted by Gasteiger charge is 2.61. The van der Waals surface area contributed by atoms with Crippen molar-refractivity contribution in [3.05, 3.63) is 18.0 Å². The standard InChI is InChI=1S/C27H40N2O13/c1-38-14-4-2-12(3-5-14)16-6-15(31)19-17(40-16)7-18(22(20(19)32)39-11-30)41-26-21(33)23(34)27(37,24(42-26)25(35)36)8-13-9-28-10-29-13/h9-10,12,14-24,26,30-34,37H,2-8,11H2,1H3/p+1. The van der Waals surface area contributed by atoms with Crippen LogP contribution in [-0.4, -0.2) is 134 Å². The van der Waals surface area contributed by atoms with Crippen molar-refractivity contribution in [1.82, 2.24) is 0 Å². The van der Waals surface area contributed by atoms with Crippen LogP contribution in [0.5, 0.6) is 0 Å². The Morgan fingerprint density at radius 2 is 1.93 bits per heavy atom. The molecule has 0 radical (unpaired) electrons. The lowest BCUT2D eigenvalue weighted by molar-refractivity contribution is -0.380. The number of aliphatic carboxylic acids is 1. The summed E-state index contributed by atoms with van der Waals surface area (Å²) >= 11 is 0. The van der Waals surface area contributed by atoms with Crippen LogP contribution >= 0.6 is 0 Å². The van der Waals surface area contributed by atoms with Crippen molar-refractivity contribution >= 4 is 12.2 Å². The van der Waals surface area contributed by atoms with Gasteiger partial charge < -0.3 is 64.2 Å². The van der Waals surface area contributed by atoms with E-state index in [0.29, 0.717) is 6.42 Å². The summed E-state index contributed by atoms with van der Waals surface area (Å²) in [5, 5.41) is 80.8. The van der Waals surface area contributed by atoms with Crippen molar-refractivity contribution in [2.24, 2.45) is 16.8 Å². The number of hydrogen-bond donors (Lipinski definition) is 6. The number of carboxylic acid groups (broad SMARTS) is 1. The van der Waals surface area contributed by atoms with E-state index in [-0.39, 0.29) is 30.6 Å². The highest BCUT2D eigenvalue weighted by atomic mass is 16.7. The first kappa shape index (κ1) is 31.8. The molecule has 15 nitrogen and oxygen atoms in total. The first-order chi connectivity index (χ1) is 20.1. The normalized spacial score (nSPS) is 47.6. The fourth-order valence-electron chi connectivity index (χ4n) is 7.32. The third kappa shape index (κ3) is 6.16. The van der Waals surface area contributed by atoms with E-state index >= 15 is 0 Å². The number of aliphatic imine (C=N–C) groups is 1. The largest absolute Gasteiger partial charge is 0.547 e. The number of nitrogens with zero attached hydrogens (tertiary/aromatic N) is 2. The number of ether oxygens (including phenoxy) is 5. The maximum Gasteiger partial charge on any atom is 0.301 e. The van der Waals surface area contributed by atoms with Crippen LogP contribution < -0.4 is 5.11 Å². The van der Waals surface area contributed by atoms with Crippen LogP contribution in [0.15, 0.2) is 4.99 Å². The average Bonchev–Trinajstić information content (AvgIpc) is 3.47. The van der Waals surface area contributed by atoms with Crippen LogP contribution in [0.3, 0.4) is 0 Å². The Kier molecular flexibility index (Phi) is 9.98. The molecule has 0 bridgehead atoms. The number of fused-ring (bicyclic) bond motifs is 1. The maximum atomic E-state index is 12.0.